The fraction of sp³-hybridized carbons (Fsp3) is 0.273. The van der Waals surface area contributed by atoms with Gasteiger partial charge in [0.2, 0.25) is 17.6 Å². The van der Waals surface area contributed by atoms with Crippen LogP contribution in [0.1, 0.15) is 36.3 Å². The summed E-state index contributed by atoms with van der Waals surface area (Å²) in [5.41, 5.74) is 2.93. The maximum atomic E-state index is 12.4. The van der Waals surface area contributed by atoms with E-state index in [0.717, 1.165) is 23.5 Å². The maximum absolute atomic E-state index is 12.4. The first-order valence-corrected chi connectivity index (χ1v) is 11.8. The zero-order valence-corrected chi connectivity index (χ0v) is 19.7. The number of allylic oxidation sites excluding steroid dienone is 1. The number of thiazole rings is 1. The Morgan fingerprint density at radius 3 is 2.91 bits per heavy atom. The van der Waals surface area contributed by atoms with Gasteiger partial charge in [-0.2, -0.15) is 10.1 Å². The van der Waals surface area contributed by atoms with Crippen molar-refractivity contribution in [1.82, 2.24) is 29.9 Å². The van der Waals surface area contributed by atoms with Crippen LogP contribution >= 0.6 is 23.6 Å². The molecule has 0 saturated carbocycles. The second kappa shape index (κ2) is 10.5. The Labute approximate surface area is 199 Å². The quantitative estimate of drug-likeness (QED) is 0.255. The summed E-state index contributed by atoms with van der Waals surface area (Å²) in [5.74, 6) is 1.54. The van der Waals surface area contributed by atoms with Crippen molar-refractivity contribution in [3.05, 3.63) is 70.0 Å². The largest absolute Gasteiger partial charge is 0.339 e. The summed E-state index contributed by atoms with van der Waals surface area (Å²) in [6.45, 7) is 6.41. The summed E-state index contributed by atoms with van der Waals surface area (Å²) in [5, 5.41) is 16.3. The molecule has 3 aromatic heterocycles. The molecule has 0 aliphatic carbocycles. The number of aryl methyl sites for hydroxylation is 2. The first-order valence-electron chi connectivity index (χ1n) is 10.5. The molecule has 0 spiro atoms. The number of rotatable bonds is 10. The van der Waals surface area contributed by atoms with Gasteiger partial charge in [-0.3, -0.25) is 14.5 Å². The molecule has 0 bridgehead atoms. The molecule has 11 heteroatoms. The van der Waals surface area contributed by atoms with Gasteiger partial charge in [0.25, 0.3) is 0 Å². The molecule has 9 nitrogen and oxygen atoms in total. The third-order valence-corrected chi connectivity index (χ3v) is 6.06. The predicted molar refractivity (Wildman–Crippen MR) is 129 cm³/mol. The van der Waals surface area contributed by atoms with E-state index in [1.807, 2.05) is 34.2 Å². The van der Waals surface area contributed by atoms with Crippen LogP contribution in [0.25, 0.3) is 11.4 Å². The molecule has 33 heavy (non-hydrogen) atoms. The summed E-state index contributed by atoms with van der Waals surface area (Å²) < 4.78 is 7.69. The number of hydrogen-bond donors (Lipinski definition) is 2. The predicted octanol–water partition coefficient (Wildman–Crippen LogP) is 4.36. The lowest BCUT2D eigenvalue weighted by Crippen LogP contribution is -2.12. The second-order valence-corrected chi connectivity index (χ2v) is 8.52. The second-order valence-electron chi connectivity index (χ2n) is 7.28. The highest BCUT2D eigenvalue weighted by Gasteiger charge is 2.13. The molecule has 1 amide bonds. The van der Waals surface area contributed by atoms with Crippen LogP contribution in [0.3, 0.4) is 0 Å². The molecule has 0 aliphatic heterocycles. The first kappa shape index (κ1) is 22.7. The van der Waals surface area contributed by atoms with Gasteiger partial charge in [-0.1, -0.05) is 42.4 Å². The fourth-order valence-electron chi connectivity index (χ4n) is 3.18. The highest BCUT2D eigenvalue weighted by atomic mass is 32.1. The number of amides is 1. The molecular formula is C22H23N7O2S2. The number of aromatic nitrogens is 6. The number of carbonyl (C=O) groups excluding carboxylic acids is 1. The zero-order valence-electron chi connectivity index (χ0n) is 18.1. The van der Waals surface area contributed by atoms with Crippen molar-refractivity contribution < 1.29 is 9.32 Å². The summed E-state index contributed by atoms with van der Waals surface area (Å²) in [7, 11) is 0. The van der Waals surface area contributed by atoms with E-state index in [4.69, 9.17) is 16.7 Å². The SMILES string of the molecule is C=CCn1c(Cc2csc(NC(=O)CCc3nc(-c4ccc(CC)cc4)no3)n2)n[nH]c1=S. The minimum absolute atomic E-state index is 0.169. The average Bonchev–Trinajstić information content (AvgIpc) is 3.55. The van der Waals surface area contributed by atoms with Crippen molar-refractivity contribution >= 4 is 34.6 Å². The lowest BCUT2D eigenvalue weighted by atomic mass is 10.1. The van der Waals surface area contributed by atoms with Crippen molar-refractivity contribution in [1.29, 1.82) is 0 Å². The van der Waals surface area contributed by atoms with Gasteiger partial charge in [-0.15, -0.1) is 17.9 Å². The zero-order chi connectivity index (χ0) is 23.2. The van der Waals surface area contributed by atoms with Crippen molar-refractivity contribution in [3.8, 4) is 11.4 Å². The molecule has 4 aromatic rings. The van der Waals surface area contributed by atoms with Gasteiger partial charge in [0.05, 0.1) is 12.1 Å². The number of nitrogens with zero attached hydrogens (tertiary/aromatic N) is 5. The van der Waals surface area contributed by atoms with Crippen LogP contribution in [0, 0.1) is 4.77 Å². The number of anilines is 1. The van der Waals surface area contributed by atoms with Gasteiger partial charge >= 0.3 is 0 Å². The normalized spacial score (nSPS) is 10.9. The number of H-pyrrole nitrogens is 1. The molecule has 0 aliphatic rings. The Bertz CT molecular complexity index is 1300. The van der Waals surface area contributed by atoms with Crippen LogP contribution in [-0.4, -0.2) is 35.8 Å². The first-order chi connectivity index (χ1) is 16.1. The van der Waals surface area contributed by atoms with E-state index in [9.17, 15) is 4.79 Å². The lowest BCUT2D eigenvalue weighted by molar-refractivity contribution is -0.116. The summed E-state index contributed by atoms with van der Waals surface area (Å²) >= 11 is 6.59. The number of benzene rings is 1. The van der Waals surface area contributed by atoms with Crippen LogP contribution in [0.15, 0.2) is 46.8 Å². The maximum Gasteiger partial charge on any atom is 0.227 e. The summed E-state index contributed by atoms with van der Waals surface area (Å²) in [6, 6.07) is 8.03. The average molecular weight is 482 g/mol. The van der Waals surface area contributed by atoms with Crippen molar-refractivity contribution in [2.45, 2.75) is 39.2 Å². The molecule has 3 heterocycles. The third-order valence-electron chi connectivity index (χ3n) is 4.94. The molecule has 0 saturated heterocycles. The Morgan fingerprint density at radius 1 is 1.33 bits per heavy atom. The van der Waals surface area contributed by atoms with E-state index in [-0.39, 0.29) is 12.3 Å². The molecule has 2 N–H and O–H groups in total. The number of nitrogens with one attached hydrogen (secondary N) is 2. The standard InChI is InChI=1S/C22H23N7O2S2/c1-3-11-29-17(26-27-22(29)32)12-16-13-33-21(23-16)24-18(30)9-10-19-25-20(28-31-19)15-7-5-14(4-2)6-8-15/h3,5-8,13H,1,4,9-12H2,2H3,(H,27,32)(H,23,24,30). The minimum atomic E-state index is -0.169. The van der Waals surface area contributed by atoms with Crippen molar-refractivity contribution in [2.24, 2.45) is 0 Å². The lowest BCUT2D eigenvalue weighted by Gasteiger charge is -2.02. The number of hydrogen-bond acceptors (Lipinski definition) is 8. The number of carbonyl (C=O) groups is 1. The van der Waals surface area contributed by atoms with Gasteiger partial charge in [0, 0.05) is 30.3 Å². The topological polar surface area (TPSA) is 115 Å². The van der Waals surface area contributed by atoms with E-state index in [1.165, 1.54) is 16.9 Å². The summed E-state index contributed by atoms with van der Waals surface area (Å²) in [6.07, 6.45) is 3.79. The van der Waals surface area contributed by atoms with Crippen LogP contribution in [0.2, 0.25) is 0 Å². The van der Waals surface area contributed by atoms with E-state index in [2.05, 4.69) is 44.1 Å². The van der Waals surface area contributed by atoms with Crippen LogP contribution in [-0.2, 0) is 30.6 Å². The van der Waals surface area contributed by atoms with Crippen LogP contribution < -0.4 is 5.32 Å². The van der Waals surface area contributed by atoms with Gasteiger partial charge in [-0.25, -0.2) is 4.98 Å². The van der Waals surface area contributed by atoms with Gasteiger partial charge < -0.3 is 9.84 Å². The Hall–Kier alpha value is -3.44. The molecule has 4 rings (SSSR count). The smallest absolute Gasteiger partial charge is 0.227 e. The minimum Gasteiger partial charge on any atom is -0.339 e. The number of aromatic amines is 1. The van der Waals surface area contributed by atoms with Crippen molar-refractivity contribution in [2.75, 3.05) is 5.32 Å². The van der Waals surface area contributed by atoms with Crippen LogP contribution in [0.5, 0.6) is 0 Å². The third kappa shape index (κ3) is 5.68. The van der Waals surface area contributed by atoms with Gasteiger partial charge in [0.1, 0.15) is 5.82 Å². The van der Waals surface area contributed by atoms with Crippen LogP contribution in [0.4, 0.5) is 5.13 Å². The Balaban J connectivity index is 1.30. The fourth-order valence-corrected chi connectivity index (χ4v) is 4.13. The van der Waals surface area contributed by atoms with Crippen molar-refractivity contribution in [3.63, 3.8) is 0 Å². The van der Waals surface area contributed by atoms with E-state index in [1.54, 1.807) is 6.08 Å². The van der Waals surface area contributed by atoms with E-state index < -0.39 is 0 Å². The van der Waals surface area contributed by atoms with E-state index in [0.29, 0.717) is 41.0 Å². The molecule has 0 fully saturated rings. The highest BCUT2D eigenvalue weighted by molar-refractivity contribution is 7.71. The van der Waals surface area contributed by atoms with E-state index >= 15 is 0 Å². The molecule has 1 aromatic carbocycles. The summed E-state index contributed by atoms with van der Waals surface area (Å²) in [4.78, 5) is 21.2. The Kier molecular flexibility index (Phi) is 7.20. The molecule has 0 radical (unpaired) electrons. The monoisotopic (exact) mass is 481 g/mol. The molecule has 170 valence electrons. The highest BCUT2D eigenvalue weighted by Crippen LogP contribution is 2.19. The van der Waals surface area contributed by atoms with Gasteiger partial charge in [0.15, 0.2) is 9.90 Å². The molecule has 0 unspecified atom stereocenters. The Morgan fingerprint density at radius 2 is 2.15 bits per heavy atom. The van der Waals surface area contributed by atoms with Gasteiger partial charge in [-0.05, 0) is 24.2 Å². The molecular weight excluding hydrogens is 458 g/mol. The molecule has 0 atom stereocenters.